The van der Waals surface area contributed by atoms with E-state index in [2.05, 4.69) is 42.8 Å². The van der Waals surface area contributed by atoms with E-state index in [0.717, 1.165) is 42.0 Å². The maximum Gasteiger partial charge on any atom is 0.220 e. The monoisotopic (exact) mass is 456 g/mol. The van der Waals surface area contributed by atoms with Crippen molar-refractivity contribution in [3.05, 3.63) is 59.5 Å². The average molecular weight is 457 g/mol. The van der Waals surface area contributed by atoms with E-state index >= 15 is 0 Å². The van der Waals surface area contributed by atoms with Crippen LogP contribution in [0.15, 0.2) is 46.9 Å². The number of nitrogens with zero attached hydrogens (tertiary/aromatic N) is 2. The van der Waals surface area contributed by atoms with Crippen molar-refractivity contribution in [3.63, 3.8) is 0 Å². The predicted molar refractivity (Wildman–Crippen MR) is 138 cm³/mol. The largest absolute Gasteiger partial charge is 0.494 e. The Labute approximate surface area is 199 Å². The summed E-state index contributed by atoms with van der Waals surface area (Å²) in [7, 11) is 0. The molecular weight excluding hydrogens is 420 g/mol. The summed E-state index contributed by atoms with van der Waals surface area (Å²) in [6, 6.07) is 14.2. The molecule has 0 unspecified atom stereocenters. The first-order valence-corrected chi connectivity index (χ1v) is 11.7. The number of oxazole rings is 1. The molecule has 0 aliphatic heterocycles. The highest BCUT2D eigenvalue weighted by molar-refractivity contribution is 5.85. The lowest BCUT2D eigenvalue weighted by atomic mass is 10.2. The smallest absolute Gasteiger partial charge is 0.220 e. The van der Waals surface area contributed by atoms with E-state index in [1.807, 2.05) is 42.5 Å². The van der Waals surface area contributed by atoms with Crippen LogP contribution in [0.5, 0.6) is 5.75 Å². The van der Waals surface area contributed by atoms with Gasteiger partial charge in [0.15, 0.2) is 5.58 Å². The van der Waals surface area contributed by atoms with Gasteiger partial charge in [0, 0.05) is 12.6 Å². The molecule has 3 aromatic rings. The number of unbranched alkanes of at least 4 members (excludes halogenated alkanes) is 2. The molecule has 0 saturated heterocycles. The van der Waals surface area contributed by atoms with Gasteiger partial charge in [0.2, 0.25) is 5.89 Å². The predicted octanol–water partition coefficient (Wildman–Crippen LogP) is 7.40. The van der Waals surface area contributed by atoms with Crippen LogP contribution in [0.4, 0.5) is 0 Å². The molecule has 5 heteroatoms. The second-order valence-corrected chi connectivity index (χ2v) is 8.18. The van der Waals surface area contributed by atoms with Gasteiger partial charge < -0.3 is 14.1 Å². The van der Waals surface area contributed by atoms with E-state index in [0.29, 0.717) is 5.89 Å². The van der Waals surface area contributed by atoms with E-state index in [1.54, 1.807) is 0 Å². The van der Waals surface area contributed by atoms with Gasteiger partial charge in [-0.25, -0.2) is 4.98 Å². The maximum absolute atomic E-state index is 5.95. The molecule has 0 N–H and O–H groups in total. The van der Waals surface area contributed by atoms with Crippen LogP contribution in [-0.2, 0) is 0 Å². The van der Waals surface area contributed by atoms with Gasteiger partial charge in [-0.3, -0.25) is 0 Å². The Balaban J connectivity index is 0.00000363. The Morgan fingerprint density at radius 2 is 1.59 bits per heavy atom. The normalized spacial score (nSPS) is 11.4. The van der Waals surface area contributed by atoms with Crippen LogP contribution >= 0.6 is 12.4 Å². The molecular formula is C27H37ClN2O2. The minimum atomic E-state index is 0. The Morgan fingerprint density at radius 3 is 2.28 bits per heavy atom. The van der Waals surface area contributed by atoms with Crippen LogP contribution in [0.3, 0.4) is 0 Å². The number of benzene rings is 2. The van der Waals surface area contributed by atoms with Gasteiger partial charge in [-0.15, -0.1) is 12.4 Å². The van der Waals surface area contributed by atoms with Crippen LogP contribution in [-0.4, -0.2) is 36.1 Å². The Bertz CT molecular complexity index is 942. The summed E-state index contributed by atoms with van der Waals surface area (Å²) in [5.41, 5.74) is 3.99. The fourth-order valence-electron chi connectivity index (χ4n) is 3.55. The number of fused-ring (bicyclic) bond motifs is 1. The van der Waals surface area contributed by atoms with Crippen LogP contribution < -0.4 is 4.74 Å². The summed E-state index contributed by atoms with van der Waals surface area (Å²) in [6.45, 7) is 10.9. The number of aryl methyl sites for hydroxylation is 1. The maximum atomic E-state index is 5.95. The highest BCUT2D eigenvalue weighted by Crippen LogP contribution is 2.19. The first kappa shape index (κ1) is 26.0. The molecule has 0 amide bonds. The molecule has 0 saturated carbocycles. The van der Waals surface area contributed by atoms with Crippen LogP contribution in [0.1, 0.15) is 63.0 Å². The Kier molecular flexibility index (Phi) is 11.3. The lowest BCUT2D eigenvalue weighted by Gasteiger charge is -2.21. The first-order chi connectivity index (χ1) is 15.2. The highest BCUT2D eigenvalue weighted by atomic mass is 35.5. The van der Waals surface area contributed by atoms with Gasteiger partial charge >= 0.3 is 0 Å². The van der Waals surface area contributed by atoms with Gasteiger partial charge in [0.05, 0.1) is 6.61 Å². The van der Waals surface area contributed by atoms with E-state index in [-0.39, 0.29) is 12.4 Å². The molecule has 1 aromatic heterocycles. The van der Waals surface area contributed by atoms with E-state index < -0.39 is 0 Å². The molecule has 0 spiro atoms. The number of rotatable bonds is 13. The number of aromatic nitrogens is 1. The zero-order valence-electron chi connectivity index (χ0n) is 19.7. The quantitative estimate of drug-likeness (QED) is 0.251. The van der Waals surface area contributed by atoms with Crippen LogP contribution in [0.2, 0.25) is 0 Å². The van der Waals surface area contributed by atoms with Gasteiger partial charge in [-0.2, -0.15) is 0 Å². The topological polar surface area (TPSA) is 38.5 Å². The molecule has 0 fully saturated rings. The highest BCUT2D eigenvalue weighted by Gasteiger charge is 2.05. The molecule has 4 nitrogen and oxygen atoms in total. The summed E-state index contributed by atoms with van der Waals surface area (Å²) >= 11 is 0. The van der Waals surface area contributed by atoms with Crippen LogP contribution in [0.25, 0.3) is 23.3 Å². The molecule has 0 aliphatic carbocycles. The van der Waals surface area contributed by atoms with Crippen molar-refractivity contribution in [1.29, 1.82) is 0 Å². The zero-order chi connectivity index (χ0) is 21.9. The van der Waals surface area contributed by atoms with Crippen molar-refractivity contribution in [2.45, 2.75) is 52.9 Å². The van der Waals surface area contributed by atoms with Gasteiger partial charge in [-0.05, 0) is 80.7 Å². The third-order valence-electron chi connectivity index (χ3n) is 5.40. The molecule has 3 rings (SSSR count). The second kappa shape index (κ2) is 14.0. The Morgan fingerprint density at radius 1 is 0.906 bits per heavy atom. The zero-order valence-corrected chi connectivity index (χ0v) is 20.5. The van der Waals surface area contributed by atoms with Gasteiger partial charge in [-0.1, -0.05) is 44.9 Å². The van der Waals surface area contributed by atoms with E-state index in [9.17, 15) is 0 Å². The van der Waals surface area contributed by atoms with Gasteiger partial charge in [0.1, 0.15) is 11.3 Å². The lowest BCUT2D eigenvalue weighted by molar-refractivity contribution is 0.229. The summed E-state index contributed by atoms with van der Waals surface area (Å²) in [4.78, 5) is 7.11. The summed E-state index contributed by atoms with van der Waals surface area (Å²) in [5.74, 6) is 1.54. The van der Waals surface area contributed by atoms with Crippen molar-refractivity contribution in [3.8, 4) is 5.75 Å². The number of hydrogen-bond acceptors (Lipinski definition) is 4. The number of halogens is 1. The molecule has 0 radical (unpaired) electrons. The third kappa shape index (κ3) is 8.33. The second-order valence-electron chi connectivity index (χ2n) is 8.18. The van der Waals surface area contributed by atoms with Crippen molar-refractivity contribution in [2.75, 3.05) is 26.2 Å². The fourth-order valence-corrected chi connectivity index (χ4v) is 3.55. The molecule has 32 heavy (non-hydrogen) atoms. The third-order valence-corrected chi connectivity index (χ3v) is 5.40. The van der Waals surface area contributed by atoms with Crippen LogP contribution in [0, 0.1) is 6.92 Å². The molecule has 1 heterocycles. The van der Waals surface area contributed by atoms with Crippen molar-refractivity contribution in [2.24, 2.45) is 0 Å². The van der Waals surface area contributed by atoms with E-state index in [4.69, 9.17) is 9.15 Å². The van der Waals surface area contributed by atoms with E-state index in [1.165, 1.54) is 44.3 Å². The average Bonchev–Trinajstić information content (AvgIpc) is 3.19. The number of ether oxygens (including phenoxy) is 1. The molecule has 0 bridgehead atoms. The standard InChI is InChI=1S/C27H36N2O2.ClH/c1-4-6-17-29(18-7-5-2)19-8-20-30-24-13-10-23(11-14-24)12-16-27-28-25-21-22(3)9-15-26(25)31-27;/h9-16,21H,4-8,17-20H2,1-3H3;1H/b16-12+;. The summed E-state index contributed by atoms with van der Waals surface area (Å²) in [6.07, 6.45) is 10.1. The van der Waals surface area contributed by atoms with Crippen molar-refractivity contribution in [1.82, 2.24) is 9.88 Å². The number of hydrogen-bond donors (Lipinski definition) is 0. The molecule has 0 atom stereocenters. The summed E-state index contributed by atoms with van der Waals surface area (Å²) < 4.78 is 11.7. The minimum Gasteiger partial charge on any atom is -0.494 e. The first-order valence-electron chi connectivity index (χ1n) is 11.7. The van der Waals surface area contributed by atoms with Crippen molar-refractivity contribution < 1.29 is 9.15 Å². The van der Waals surface area contributed by atoms with Gasteiger partial charge in [0.25, 0.3) is 0 Å². The lowest BCUT2D eigenvalue weighted by Crippen LogP contribution is -2.28. The molecule has 0 aliphatic rings. The summed E-state index contributed by atoms with van der Waals surface area (Å²) in [5, 5.41) is 0. The SMILES string of the molecule is CCCCN(CCCC)CCCOc1ccc(/C=C/c2nc3cc(C)ccc3o2)cc1.Cl. The molecule has 174 valence electrons. The molecule has 2 aromatic carbocycles. The Hall–Kier alpha value is -2.30. The fraction of sp³-hybridized carbons (Fsp3) is 0.444. The minimum absolute atomic E-state index is 0. The van der Waals surface area contributed by atoms with Crippen molar-refractivity contribution >= 4 is 35.7 Å².